The zero-order valence-corrected chi connectivity index (χ0v) is 11.4. The normalized spacial score (nSPS) is 11.7. The molecule has 0 aliphatic rings. The zero-order valence-electron chi connectivity index (χ0n) is 9.98. The Labute approximate surface area is 99.2 Å². The Kier molecular flexibility index (Phi) is 6.14. The number of benzene rings is 1. The highest BCUT2D eigenvalue weighted by atomic mass is 28.2. The van der Waals surface area contributed by atoms with Gasteiger partial charge in [0.15, 0.2) is 6.29 Å². The van der Waals surface area contributed by atoms with Gasteiger partial charge in [-0.15, -0.1) is 0 Å². The number of aromatic hydroxyl groups is 1. The molecular weight excluding hydrogens is 220 g/mol. The number of rotatable bonds is 7. The van der Waals surface area contributed by atoms with Crippen LogP contribution in [0.3, 0.4) is 0 Å². The van der Waals surface area contributed by atoms with Crippen LogP contribution in [0.2, 0.25) is 12.1 Å². The monoisotopic (exact) mass is 240 g/mol. The van der Waals surface area contributed by atoms with E-state index in [4.69, 9.17) is 14.6 Å². The number of ether oxygens (including phenoxy) is 2. The Bertz CT molecular complexity index is 283. The van der Waals surface area contributed by atoms with Crippen molar-refractivity contribution in [2.75, 3.05) is 14.2 Å². The Hall–Kier alpha value is -0.843. The number of hydrogen-bond donors (Lipinski definition) is 1. The van der Waals surface area contributed by atoms with Crippen LogP contribution >= 0.6 is 0 Å². The number of phenolic OH excluding ortho intramolecular Hbond substituents is 1. The molecule has 0 aliphatic carbocycles. The first kappa shape index (κ1) is 13.2. The molecule has 1 rings (SSSR count). The van der Waals surface area contributed by atoms with Crippen LogP contribution in [0, 0.1) is 0 Å². The van der Waals surface area contributed by atoms with Gasteiger partial charge in [-0.2, -0.15) is 0 Å². The van der Waals surface area contributed by atoms with Gasteiger partial charge in [0.25, 0.3) is 0 Å². The van der Waals surface area contributed by atoms with Crippen LogP contribution in [0.5, 0.6) is 5.75 Å². The second kappa shape index (κ2) is 7.43. The Morgan fingerprint density at radius 1 is 1.19 bits per heavy atom. The molecule has 0 radical (unpaired) electrons. The molecule has 0 aromatic heterocycles. The average molecular weight is 240 g/mol. The van der Waals surface area contributed by atoms with Crippen molar-refractivity contribution in [3.63, 3.8) is 0 Å². The summed E-state index contributed by atoms with van der Waals surface area (Å²) in [7, 11) is 3.24. The molecule has 0 heterocycles. The molecule has 1 aromatic rings. The van der Waals surface area contributed by atoms with Gasteiger partial charge in [0.1, 0.15) is 5.75 Å². The van der Waals surface area contributed by atoms with E-state index < -0.39 is 0 Å². The summed E-state index contributed by atoms with van der Waals surface area (Å²) in [5, 5.41) is 9.14. The largest absolute Gasteiger partial charge is 0.508 e. The standard InChI is InChI=1S/C12H20O3Si/c1-14-12(15-2)9-16-8-7-10-3-5-11(13)6-4-10/h3-6,12-13H,7-9,16H2,1-2H3. The van der Waals surface area contributed by atoms with Crippen molar-refractivity contribution in [3.8, 4) is 5.75 Å². The Morgan fingerprint density at radius 3 is 2.38 bits per heavy atom. The van der Waals surface area contributed by atoms with Crippen LogP contribution in [0.15, 0.2) is 24.3 Å². The molecule has 3 nitrogen and oxygen atoms in total. The fourth-order valence-corrected chi connectivity index (χ4v) is 3.39. The summed E-state index contributed by atoms with van der Waals surface area (Å²) in [6.45, 7) is 0. The van der Waals surface area contributed by atoms with E-state index in [-0.39, 0.29) is 15.8 Å². The van der Waals surface area contributed by atoms with Gasteiger partial charge in [-0.25, -0.2) is 0 Å². The summed E-state index contributed by atoms with van der Waals surface area (Å²) >= 11 is 0. The number of methoxy groups -OCH3 is 2. The predicted molar refractivity (Wildman–Crippen MR) is 67.8 cm³/mol. The SMILES string of the molecule is COC(C[SiH2]CCc1ccc(O)cc1)OC. The first-order chi connectivity index (χ1) is 7.76. The molecule has 0 unspecified atom stereocenters. The average Bonchev–Trinajstić information content (AvgIpc) is 2.32. The lowest BCUT2D eigenvalue weighted by Gasteiger charge is -2.12. The molecule has 4 heteroatoms. The zero-order chi connectivity index (χ0) is 11.8. The fraction of sp³-hybridized carbons (Fsp3) is 0.500. The molecule has 0 saturated carbocycles. The summed E-state index contributed by atoms with van der Waals surface area (Å²) in [6, 6.07) is 9.74. The highest BCUT2D eigenvalue weighted by Crippen LogP contribution is 2.11. The van der Waals surface area contributed by atoms with E-state index in [9.17, 15) is 0 Å². The quantitative estimate of drug-likeness (QED) is 0.446. The minimum absolute atomic E-state index is 0.0218. The summed E-state index contributed by atoms with van der Waals surface area (Å²) in [6.07, 6.45) is 1.07. The second-order valence-electron chi connectivity index (χ2n) is 3.81. The van der Waals surface area contributed by atoms with Gasteiger partial charge in [-0.05, 0) is 30.2 Å². The third-order valence-electron chi connectivity index (χ3n) is 2.62. The van der Waals surface area contributed by atoms with E-state index in [1.807, 2.05) is 12.1 Å². The van der Waals surface area contributed by atoms with Crippen LogP contribution in [-0.2, 0) is 15.9 Å². The molecular formula is C12H20O3Si. The number of aryl methyl sites for hydroxylation is 1. The van der Waals surface area contributed by atoms with Gasteiger partial charge in [0, 0.05) is 23.7 Å². The van der Waals surface area contributed by atoms with Crippen LogP contribution < -0.4 is 0 Å². The van der Waals surface area contributed by atoms with Gasteiger partial charge >= 0.3 is 0 Å². The first-order valence-corrected chi connectivity index (χ1v) is 7.59. The number of phenols is 1. The molecule has 1 N–H and O–H groups in total. The molecule has 0 spiro atoms. The van der Waals surface area contributed by atoms with Crippen molar-refractivity contribution in [2.45, 2.75) is 24.8 Å². The molecule has 0 amide bonds. The highest BCUT2D eigenvalue weighted by molar-refractivity contribution is 6.35. The fourth-order valence-electron chi connectivity index (χ4n) is 1.63. The van der Waals surface area contributed by atoms with Crippen LogP contribution in [0.25, 0.3) is 0 Å². The minimum atomic E-state index is -0.124. The summed E-state index contributed by atoms with van der Waals surface area (Å²) < 4.78 is 10.3. The molecule has 0 atom stereocenters. The topological polar surface area (TPSA) is 38.7 Å². The maximum Gasteiger partial charge on any atom is 0.153 e. The Balaban J connectivity index is 2.18. The van der Waals surface area contributed by atoms with Gasteiger partial charge in [-0.1, -0.05) is 18.2 Å². The first-order valence-electron chi connectivity index (χ1n) is 5.59. The van der Waals surface area contributed by atoms with Crippen molar-refractivity contribution in [2.24, 2.45) is 0 Å². The minimum Gasteiger partial charge on any atom is -0.508 e. The third kappa shape index (κ3) is 4.79. The van der Waals surface area contributed by atoms with Gasteiger partial charge < -0.3 is 14.6 Å². The predicted octanol–water partition coefficient (Wildman–Crippen LogP) is 1.56. The van der Waals surface area contributed by atoms with Gasteiger partial charge in [0.05, 0.1) is 0 Å². The molecule has 0 aliphatic heterocycles. The van der Waals surface area contributed by atoms with Crippen molar-refractivity contribution in [1.29, 1.82) is 0 Å². The van der Waals surface area contributed by atoms with Crippen molar-refractivity contribution in [3.05, 3.63) is 29.8 Å². The van der Waals surface area contributed by atoms with E-state index in [0.29, 0.717) is 5.75 Å². The highest BCUT2D eigenvalue weighted by Gasteiger charge is 2.04. The van der Waals surface area contributed by atoms with E-state index in [2.05, 4.69) is 0 Å². The van der Waals surface area contributed by atoms with E-state index in [1.54, 1.807) is 26.4 Å². The molecule has 16 heavy (non-hydrogen) atoms. The van der Waals surface area contributed by atoms with Crippen LogP contribution in [0.4, 0.5) is 0 Å². The van der Waals surface area contributed by atoms with E-state index in [1.165, 1.54) is 11.6 Å². The lowest BCUT2D eigenvalue weighted by molar-refractivity contribution is -0.0876. The van der Waals surface area contributed by atoms with E-state index >= 15 is 0 Å². The summed E-state index contributed by atoms with van der Waals surface area (Å²) in [5.74, 6) is 0.333. The summed E-state index contributed by atoms with van der Waals surface area (Å²) in [4.78, 5) is 0. The maximum absolute atomic E-state index is 9.14. The molecule has 0 fully saturated rings. The molecule has 0 saturated heterocycles. The van der Waals surface area contributed by atoms with Crippen LogP contribution in [-0.4, -0.2) is 35.1 Å². The van der Waals surface area contributed by atoms with E-state index in [0.717, 1.165) is 12.5 Å². The van der Waals surface area contributed by atoms with Gasteiger partial charge in [-0.3, -0.25) is 0 Å². The van der Waals surface area contributed by atoms with Crippen molar-refractivity contribution >= 4 is 9.52 Å². The second-order valence-corrected chi connectivity index (χ2v) is 5.80. The molecule has 90 valence electrons. The van der Waals surface area contributed by atoms with Crippen molar-refractivity contribution < 1.29 is 14.6 Å². The smallest absolute Gasteiger partial charge is 0.153 e. The van der Waals surface area contributed by atoms with Crippen LogP contribution in [0.1, 0.15) is 5.56 Å². The molecule has 0 bridgehead atoms. The van der Waals surface area contributed by atoms with Gasteiger partial charge in [0.2, 0.25) is 0 Å². The van der Waals surface area contributed by atoms with Crippen molar-refractivity contribution in [1.82, 2.24) is 0 Å². The lowest BCUT2D eigenvalue weighted by atomic mass is 10.2. The lowest BCUT2D eigenvalue weighted by Crippen LogP contribution is -2.15. The third-order valence-corrected chi connectivity index (χ3v) is 4.35. The summed E-state index contributed by atoms with van der Waals surface area (Å²) in [5.41, 5.74) is 1.29. The maximum atomic E-state index is 9.14. The number of hydrogen-bond acceptors (Lipinski definition) is 3. The Morgan fingerprint density at radius 2 is 1.81 bits per heavy atom. The molecule has 1 aromatic carbocycles.